The van der Waals surface area contributed by atoms with Gasteiger partial charge in [-0.3, -0.25) is 0 Å². The van der Waals surface area contributed by atoms with Gasteiger partial charge in [0.2, 0.25) is 0 Å². The van der Waals surface area contributed by atoms with E-state index in [2.05, 4.69) is 25.1 Å². The van der Waals surface area contributed by atoms with Gasteiger partial charge in [-0.25, -0.2) is 0 Å². The van der Waals surface area contributed by atoms with Crippen molar-refractivity contribution in [3.8, 4) is 11.1 Å². The number of nitrogens with two attached hydrogens (primary N) is 4. The number of hydrogen-bond donors (Lipinski definition) is 4. The van der Waals surface area contributed by atoms with E-state index in [1.807, 2.05) is 19.1 Å². The monoisotopic (exact) mass is 324 g/mol. The molecule has 8 N–H and O–H groups in total. The first-order valence-electron chi connectivity index (χ1n) is 8.62. The van der Waals surface area contributed by atoms with Gasteiger partial charge in [0.1, 0.15) is 0 Å². The number of benzene rings is 2. The second-order valence-corrected chi connectivity index (χ2v) is 7.27. The maximum atomic E-state index is 6.88. The van der Waals surface area contributed by atoms with Gasteiger partial charge in [0, 0.05) is 23.0 Å². The molecule has 0 spiro atoms. The van der Waals surface area contributed by atoms with E-state index in [-0.39, 0.29) is 11.6 Å². The Morgan fingerprint density at radius 2 is 1.58 bits per heavy atom. The summed E-state index contributed by atoms with van der Waals surface area (Å²) in [5, 5.41) is 0. The zero-order chi connectivity index (χ0) is 17.5. The lowest BCUT2D eigenvalue weighted by molar-refractivity contribution is 0.277. The molecule has 2 aromatic rings. The van der Waals surface area contributed by atoms with Crippen LogP contribution in [0.2, 0.25) is 0 Å². The Hall–Kier alpha value is -2.04. The summed E-state index contributed by atoms with van der Waals surface area (Å²) in [5.74, 6) is 0. The zero-order valence-corrected chi connectivity index (χ0v) is 14.6. The van der Waals surface area contributed by atoms with Gasteiger partial charge in [-0.15, -0.1) is 0 Å². The van der Waals surface area contributed by atoms with Crippen LogP contribution in [-0.4, -0.2) is 6.04 Å². The molecule has 1 aliphatic rings. The van der Waals surface area contributed by atoms with E-state index in [1.54, 1.807) is 0 Å². The molecule has 0 heterocycles. The number of aryl methyl sites for hydroxylation is 1. The van der Waals surface area contributed by atoms with Crippen molar-refractivity contribution in [2.45, 2.75) is 51.1 Å². The Bertz CT molecular complexity index is 758. The first-order chi connectivity index (χ1) is 11.3. The summed E-state index contributed by atoms with van der Waals surface area (Å²) in [6.45, 7) is 4.10. The Kier molecular flexibility index (Phi) is 4.28. The molecular formula is C20H28N4. The highest BCUT2D eigenvalue weighted by Crippen LogP contribution is 2.43. The fraction of sp³-hybridized carbons (Fsp3) is 0.400. The zero-order valence-electron chi connectivity index (χ0n) is 14.6. The van der Waals surface area contributed by atoms with Crippen LogP contribution in [0, 0.1) is 13.8 Å². The lowest BCUT2D eigenvalue weighted by Crippen LogP contribution is -2.44. The fourth-order valence-corrected chi connectivity index (χ4v) is 3.86. The molecule has 0 atom stereocenters. The van der Waals surface area contributed by atoms with Crippen molar-refractivity contribution < 1.29 is 0 Å². The molecule has 128 valence electrons. The molecule has 2 aromatic carbocycles. The summed E-state index contributed by atoms with van der Waals surface area (Å²) in [7, 11) is 0. The van der Waals surface area contributed by atoms with Crippen molar-refractivity contribution in [1.29, 1.82) is 0 Å². The molecular weight excluding hydrogens is 296 g/mol. The predicted molar refractivity (Wildman–Crippen MR) is 102 cm³/mol. The van der Waals surface area contributed by atoms with Gasteiger partial charge in [0.25, 0.3) is 0 Å². The van der Waals surface area contributed by atoms with Crippen LogP contribution in [-0.2, 0) is 5.54 Å². The Morgan fingerprint density at radius 1 is 0.958 bits per heavy atom. The van der Waals surface area contributed by atoms with Crippen LogP contribution in [0.4, 0.5) is 11.4 Å². The minimum absolute atomic E-state index is 0.255. The SMILES string of the molecule is Cc1cc(-c2ccc(N)c(C)c2C2(N)CCC(N)CC2)ccc1N. The van der Waals surface area contributed by atoms with E-state index < -0.39 is 0 Å². The largest absolute Gasteiger partial charge is 0.399 e. The van der Waals surface area contributed by atoms with E-state index in [0.717, 1.165) is 59.3 Å². The summed E-state index contributed by atoms with van der Waals surface area (Å²) < 4.78 is 0. The Morgan fingerprint density at radius 3 is 2.21 bits per heavy atom. The maximum absolute atomic E-state index is 6.88. The normalized spacial score (nSPS) is 24.1. The molecule has 3 rings (SSSR count). The van der Waals surface area contributed by atoms with Gasteiger partial charge < -0.3 is 22.9 Å². The molecule has 1 fully saturated rings. The van der Waals surface area contributed by atoms with Crippen LogP contribution in [0.15, 0.2) is 30.3 Å². The average molecular weight is 324 g/mol. The second-order valence-electron chi connectivity index (χ2n) is 7.27. The quantitative estimate of drug-likeness (QED) is 0.637. The Labute approximate surface area is 144 Å². The minimum atomic E-state index is -0.375. The number of rotatable bonds is 2. The molecule has 1 saturated carbocycles. The van der Waals surface area contributed by atoms with Gasteiger partial charge in [-0.1, -0.05) is 12.1 Å². The molecule has 24 heavy (non-hydrogen) atoms. The highest BCUT2D eigenvalue weighted by molar-refractivity contribution is 5.76. The van der Waals surface area contributed by atoms with Gasteiger partial charge in [-0.2, -0.15) is 0 Å². The van der Waals surface area contributed by atoms with Gasteiger partial charge in [-0.05, 0) is 85.5 Å². The van der Waals surface area contributed by atoms with E-state index in [1.165, 1.54) is 5.56 Å². The molecule has 0 aromatic heterocycles. The van der Waals surface area contributed by atoms with E-state index in [4.69, 9.17) is 22.9 Å². The van der Waals surface area contributed by atoms with E-state index in [9.17, 15) is 0 Å². The smallest absolute Gasteiger partial charge is 0.0420 e. The predicted octanol–water partition coefficient (Wildman–Crippen LogP) is 3.19. The van der Waals surface area contributed by atoms with Crippen LogP contribution in [0.1, 0.15) is 42.4 Å². The van der Waals surface area contributed by atoms with Crippen LogP contribution >= 0.6 is 0 Å². The maximum Gasteiger partial charge on any atom is 0.0420 e. The summed E-state index contributed by atoms with van der Waals surface area (Å²) in [6.07, 6.45) is 3.68. The van der Waals surface area contributed by atoms with Crippen molar-refractivity contribution >= 4 is 11.4 Å². The number of anilines is 2. The molecule has 4 heteroatoms. The summed E-state index contributed by atoms with van der Waals surface area (Å²) in [4.78, 5) is 0. The standard InChI is InChI=1S/C20H28N4/c1-12-11-14(3-5-17(12)22)16-4-6-18(23)13(2)19(16)20(24)9-7-15(21)8-10-20/h3-6,11,15H,7-10,21-24H2,1-2H3. The van der Waals surface area contributed by atoms with Crippen molar-refractivity contribution in [2.75, 3.05) is 11.5 Å². The van der Waals surface area contributed by atoms with E-state index >= 15 is 0 Å². The van der Waals surface area contributed by atoms with Crippen LogP contribution < -0.4 is 22.9 Å². The summed E-state index contributed by atoms with van der Waals surface area (Å²) in [5.41, 5.74) is 32.0. The first kappa shape index (κ1) is 16.8. The van der Waals surface area contributed by atoms with Crippen molar-refractivity contribution in [3.63, 3.8) is 0 Å². The fourth-order valence-electron chi connectivity index (χ4n) is 3.86. The van der Waals surface area contributed by atoms with Crippen molar-refractivity contribution in [2.24, 2.45) is 11.5 Å². The lowest BCUT2D eigenvalue weighted by atomic mass is 9.72. The molecule has 1 aliphatic carbocycles. The first-order valence-corrected chi connectivity index (χ1v) is 8.62. The molecule has 0 bridgehead atoms. The average Bonchev–Trinajstić information content (AvgIpc) is 2.55. The molecule has 4 nitrogen and oxygen atoms in total. The van der Waals surface area contributed by atoms with Crippen molar-refractivity contribution in [1.82, 2.24) is 0 Å². The number of nitrogen functional groups attached to an aromatic ring is 2. The number of hydrogen-bond acceptors (Lipinski definition) is 4. The third kappa shape index (κ3) is 2.87. The third-order valence-electron chi connectivity index (χ3n) is 5.51. The third-order valence-corrected chi connectivity index (χ3v) is 5.51. The summed E-state index contributed by atoms with van der Waals surface area (Å²) in [6, 6.07) is 10.5. The molecule has 0 aliphatic heterocycles. The van der Waals surface area contributed by atoms with Crippen molar-refractivity contribution in [3.05, 3.63) is 47.0 Å². The highest BCUT2D eigenvalue weighted by Gasteiger charge is 2.35. The van der Waals surface area contributed by atoms with Gasteiger partial charge >= 0.3 is 0 Å². The lowest BCUT2D eigenvalue weighted by Gasteiger charge is -2.39. The molecule has 0 radical (unpaired) electrons. The highest BCUT2D eigenvalue weighted by atomic mass is 14.8. The molecule has 0 unspecified atom stereocenters. The molecule has 0 amide bonds. The van der Waals surface area contributed by atoms with E-state index in [0.29, 0.717) is 0 Å². The van der Waals surface area contributed by atoms with Crippen LogP contribution in [0.3, 0.4) is 0 Å². The summed E-state index contributed by atoms with van der Waals surface area (Å²) >= 11 is 0. The Balaban J connectivity index is 2.17. The minimum Gasteiger partial charge on any atom is -0.399 e. The topological polar surface area (TPSA) is 104 Å². The van der Waals surface area contributed by atoms with Crippen LogP contribution in [0.5, 0.6) is 0 Å². The molecule has 0 saturated heterocycles. The van der Waals surface area contributed by atoms with Crippen LogP contribution in [0.25, 0.3) is 11.1 Å². The van der Waals surface area contributed by atoms with Gasteiger partial charge in [0.05, 0.1) is 0 Å². The van der Waals surface area contributed by atoms with Gasteiger partial charge in [0.15, 0.2) is 0 Å². The second kappa shape index (κ2) is 6.11.